The molecule has 0 spiro atoms. The van der Waals surface area contributed by atoms with Crippen molar-refractivity contribution in [1.29, 1.82) is 0 Å². The quantitative estimate of drug-likeness (QED) is 0.353. The van der Waals surface area contributed by atoms with Crippen molar-refractivity contribution in [1.82, 2.24) is 0 Å². The Bertz CT molecular complexity index is 1180. The molecule has 4 nitrogen and oxygen atoms in total. The lowest BCUT2D eigenvalue weighted by atomic mass is 10.0. The molecule has 0 saturated heterocycles. The van der Waals surface area contributed by atoms with Crippen LogP contribution in [0.4, 0.5) is 8.78 Å². The van der Waals surface area contributed by atoms with Crippen LogP contribution in [0.1, 0.15) is 31.8 Å². The van der Waals surface area contributed by atoms with Crippen molar-refractivity contribution in [2.75, 3.05) is 0 Å². The molecule has 1 aliphatic rings. The maximum absolute atomic E-state index is 13.8. The molecule has 0 saturated carbocycles. The first-order valence-electron chi connectivity index (χ1n) is 8.73. The van der Waals surface area contributed by atoms with Gasteiger partial charge in [0.25, 0.3) is 0 Å². The Balaban J connectivity index is 1.63. The minimum absolute atomic E-state index is 0.0336. The second-order valence-corrected chi connectivity index (χ2v) is 6.48. The molecule has 144 valence electrons. The number of esters is 1. The van der Waals surface area contributed by atoms with Crippen molar-refractivity contribution in [3.8, 4) is 11.5 Å². The van der Waals surface area contributed by atoms with Crippen molar-refractivity contribution in [2.45, 2.75) is 6.92 Å². The first kappa shape index (κ1) is 18.6. The van der Waals surface area contributed by atoms with E-state index in [-0.39, 0.29) is 28.6 Å². The fourth-order valence-corrected chi connectivity index (χ4v) is 3.07. The number of allylic oxidation sites excluding steroid dienone is 1. The molecule has 4 rings (SSSR count). The van der Waals surface area contributed by atoms with Gasteiger partial charge in [-0.1, -0.05) is 24.3 Å². The number of rotatable bonds is 3. The Morgan fingerprint density at radius 2 is 1.83 bits per heavy atom. The van der Waals surface area contributed by atoms with E-state index < -0.39 is 17.6 Å². The first-order valence-corrected chi connectivity index (χ1v) is 8.73. The third-order valence-electron chi connectivity index (χ3n) is 4.39. The van der Waals surface area contributed by atoms with Crippen LogP contribution in [0.5, 0.6) is 11.5 Å². The number of halogens is 2. The lowest BCUT2D eigenvalue weighted by Crippen LogP contribution is -2.10. The largest absolute Gasteiger partial charge is 0.452 e. The van der Waals surface area contributed by atoms with Gasteiger partial charge in [-0.25, -0.2) is 13.6 Å². The molecule has 0 radical (unpaired) electrons. The molecular formula is C23H14F2O4. The minimum Gasteiger partial charge on any atom is -0.452 e. The lowest BCUT2D eigenvalue weighted by molar-refractivity contribution is 0.0729. The Labute approximate surface area is 165 Å². The summed E-state index contributed by atoms with van der Waals surface area (Å²) in [4.78, 5) is 24.9. The van der Waals surface area contributed by atoms with E-state index in [0.29, 0.717) is 16.7 Å². The van der Waals surface area contributed by atoms with Gasteiger partial charge in [-0.2, -0.15) is 0 Å². The number of aryl methyl sites for hydroxylation is 1. The summed E-state index contributed by atoms with van der Waals surface area (Å²) in [5.74, 6) is -1.96. The van der Waals surface area contributed by atoms with E-state index in [1.54, 1.807) is 13.0 Å². The predicted molar refractivity (Wildman–Crippen MR) is 102 cm³/mol. The fourth-order valence-electron chi connectivity index (χ4n) is 3.07. The average Bonchev–Trinajstić information content (AvgIpc) is 2.97. The molecule has 3 aromatic rings. The molecule has 0 unspecified atom stereocenters. The first-order chi connectivity index (χ1) is 13.9. The van der Waals surface area contributed by atoms with Gasteiger partial charge in [0.15, 0.2) is 5.76 Å². The summed E-state index contributed by atoms with van der Waals surface area (Å²) in [6.45, 7) is 1.67. The third kappa shape index (κ3) is 3.65. The number of ketones is 1. The van der Waals surface area contributed by atoms with Crippen LogP contribution >= 0.6 is 0 Å². The van der Waals surface area contributed by atoms with Crippen LogP contribution in [-0.4, -0.2) is 11.8 Å². The summed E-state index contributed by atoms with van der Waals surface area (Å²) in [5.41, 5.74) is 1.14. The molecule has 29 heavy (non-hydrogen) atoms. The topological polar surface area (TPSA) is 52.6 Å². The molecule has 0 amide bonds. The highest BCUT2D eigenvalue weighted by Gasteiger charge is 2.30. The normalized spacial score (nSPS) is 13.9. The molecule has 0 aliphatic carbocycles. The summed E-state index contributed by atoms with van der Waals surface area (Å²) >= 11 is 0. The van der Waals surface area contributed by atoms with Gasteiger partial charge < -0.3 is 9.47 Å². The van der Waals surface area contributed by atoms with E-state index in [9.17, 15) is 18.4 Å². The molecule has 0 atom stereocenters. The van der Waals surface area contributed by atoms with Crippen molar-refractivity contribution >= 4 is 17.8 Å². The lowest BCUT2D eigenvalue weighted by Gasteiger charge is -2.08. The van der Waals surface area contributed by atoms with Gasteiger partial charge in [0.1, 0.15) is 23.1 Å². The van der Waals surface area contributed by atoms with Gasteiger partial charge in [-0.05, 0) is 54.5 Å². The summed E-state index contributed by atoms with van der Waals surface area (Å²) in [5, 5.41) is 0. The van der Waals surface area contributed by atoms with Gasteiger partial charge in [0.05, 0.1) is 11.1 Å². The Hall–Kier alpha value is -3.80. The van der Waals surface area contributed by atoms with E-state index >= 15 is 0 Å². The standard InChI is InChI=1S/C23H14F2O4/c1-13-9-16(28-23(27)17-7-2-3-8-18(17)25)12-19-21(13)22(26)20(29-19)11-14-5-4-6-15(24)10-14/h2-12H,1H3/b20-11-. The van der Waals surface area contributed by atoms with Crippen LogP contribution < -0.4 is 9.47 Å². The van der Waals surface area contributed by atoms with Crippen LogP contribution in [-0.2, 0) is 0 Å². The van der Waals surface area contributed by atoms with Crippen molar-refractivity contribution in [3.05, 3.63) is 100 Å². The summed E-state index contributed by atoms with van der Waals surface area (Å²) in [7, 11) is 0. The second-order valence-electron chi connectivity index (χ2n) is 6.48. The van der Waals surface area contributed by atoms with Crippen molar-refractivity contribution in [3.63, 3.8) is 0 Å². The Morgan fingerprint density at radius 1 is 1.03 bits per heavy atom. The number of hydrogen-bond donors (Lipinski definition) is 0. The number of hydrogen-bond acceptors (Lipinski definition) is 4. The van der Waals surface area contributed by atoms with Crippen LogP contribution in [0.15, 0.2) is 66.4 Å². The number of carbonyl (C=O) groups is 2. The number of fused-ring (bicyclic) bond motifs is 1. The van der Waals surface area contributed by atoms with Gasteiger partial charge in [-0.15, -0.1) is 0 Å². The average molecular weight is 392 g/mol. The van der Waals surface area contributed by atoms with Crippen LogP contribution in [0, 0.1) is 18.6 Å². The summed E-state index contributed by atoms with van der Waals surface area (Å²) in [6.07, 6.45) is 1.44. The third-order valence-corrected chi connectivity index (χ3v) is 4.39. The number of Topliss-reactive ketones (excluding diaryl/α,β-unsaturated/α-hetero) is 1. The van der Waals surface area contributed by atoms with Crippen LogP contribution in [0.2, 0.25) is 0 Å². The van der Waals surface area contributed by atoms with Gasteiger partial charge in [-0.3, -0.25) is 4.79 Å². The molecule has 0 bridgehead atoms. The zero-order chi connectivity index (χ0) is 20.5. The van der Waals surface area contributed by atoms with Crippen molar-refractivity contribution in [2.24, 2.45) is 0 Å². The zero-order valence-electron chi connectivity index (χ0n) is 15.2. The summed E-state index contributed by atoms with van der Waals surface area (Å²) < 4.78 is 38.0. The zero-order valence-corrected chi connectivity index (χ0v) is 15.2. The minimum atomic E-state index is -0.859. The maximum atomic E-state index is 13.8. The molecule has 0 N–H and O–H groups in total. The van der Waals surface area contributed by atoms with Gasteiger partial charge in [0.2, 0.25) is 5.78 Å². The predicted octanol–water partition coefficient (Wildman–Crippen LogP) is 5.11. The molecule has 6 heteroatoms. The van der Waals surface area contributed by atoms with E-state index in [0.717, 1.165) is 6.07 Å². The SMILES string of the molecule is Cc1cc(OC(=O)c2ccccc2F)cc2c1C(=O)/C(=C/c1cccc(F)c1)O2. The highest BCUT2D eigenvalue weighted by molar-refractivity contribution is 6.15. The highest BCUT2D eigenvalue weighted by atomic mass is 19.1. The van der Waals surface area contributed by atoms with Crippen molar-refractivity contribution < 1.29 is 27.8 Å². The van der Waals surface area contributed by atoms with E-state index in [4.69, 9.17) is 9.47 Å². The molecular weight excluding hydrogens is 378 g/mol. The van der Waals surface area contributed by atoms with Gasteiger partial charge >= 0.3 is 5.97 Å². The molecule has 0 aromatic heterocycles. The van der Waals surface area contributed by atoms with Gasteiger partial charge in [0, 0.05) is 6.07 Å². The number of carbonyl (C=O) groups excluding carboxylic acids is 2. The highest BCUT2D eigenvalue weighted by Crippen LogP contribution is 2.37. The number of ether oxygens (including phenoxy) is 2. The maximum Gasteiger partial charge on any atom is 0.346 e. The molecule has 1 aliphatic heterocycles. The van der Waals surface area contributed by atoms with E-state index in [2.05, 4.69) is 0 Å². The molecule has 0 fully saturated rings. The Kier molecular flexibility index (Phi) is 4.68. The fraction of sp³-hybridized carbons (Fsp3) is 0.0435. The number of benzene rings is 3. The van der Waals surface area contributed by atoms with Crippen LogP contribution in [0.3, 0.4) is 0 Å². The summed E-state index contributed by atoms with van der Waals surface area (Å²) in [6, 6.07) is 14.1. The molecule has 3 aromatic carbocycles. The van der Waals surface area contributed by atoms with E-state index in [1.807, 2.05) is 0 Å². The van der Waals surface area contributed by atoms with E-state index in [1.165, 1.54) is 54.6 Å². The smallest absolute Gasteiger partial charge is 0.346 e. The van der Waals surface area contributed by atoms with Crippen LogP contribution in [0.25, 0.3) is 6.08 Å². The Morgan fingerprint density at radius 3 is 2.59 bits per heavy atom. The molecule has 1 heterocycles. The monoisotopic (exact) mass is 392 g/mol. The second kappa shape index (κ2) is 7.31.